The topological polar surface area (TPSA) is 91.8 Å². The molecule has 1 amide bonds. The number of ether oxygens (including phenoxy) is 1. The Hall–Kier alpha value is -1.83. The van der Waals surface area contributed by atoms with Gasteiger partial charge in [-0.05, 0) is 33.6 Å². The average Bonchev–Trinajstić information content (AvgIpc) is 2.86. The fraction of sp³-hybridized carbons (Fsp3) is 0.643. The third kappa shape index (κ3) is 4.59. The van der Waals surface area contributed by atoms with Crippen molar-refractivity contribution in [3.63, 3.8) is 0 Å². The summed E-state index contributed by atoms with van der Waals surface area (Å²) < 4.78 is 5.26. The van der Waals surface area contributed by atoms with Crippen molar-refractivity contribution in [1.82, 2.24) is 10.3 Å². The van der Waals surface area contributed by atoms with Gasteiger partial charge in [-0.2, -0.15) is 0 Å². The molecule has 2 heterocycles. The third-order valence-corrected chi connectivity index (χ3v) is 4.03. The molecule has 0 aromatic carbocycles. The molecular weight excluding hydrogens is 306 g/mol. The molecule has 1 atom stereocenters. The zero-order valence-corrected chi connectivity index (χ0v) is 13.8. The summed E-state index contributed by atoms with van der Waals surface area (Å²) in [5.41, 5.74) is -0.466. The molecule has 0 spiro atoms. The molecule has 122 valence electrons. The second-order valence-electron chi connectivity index (χ2n) is 6.25. The summed E-state index contributed by atoms with van der Waals surface area (Å²) in [6.45, 7) is 6.87. The summed E-state index contributed by atoms with van der Waals surface area (Å²) in [5.74, 6) is -1.03. The Kier molecular flexibility index (Phi) is 4.90. The van der Waals surface area contributed by atoms with Gasteiger partial charge in [0.1, 0.15) is 5.60 Å². The molecule has 1 aromatic heterocycles. The molecule has 0 unspecified atom stereocenters. The van der Waals surface area contributed by atoms with Crippen molar-refractivity contribution in [3.8, 4) is 0 Å². The summed E-state index contributed by atoms with van der Waals surface area (Å²) in [6.07, 6.45) is 1.35. The lowest BCUT2D eigenvalue weighted by Gasteiger charge is -2.33. The number of carbonyl (C=O) groups excluding carboxylic acids is 1. The largest absolute Gasteiger partial charge is 0.476 e. The van der Waals surface area contributed by atoms with Gasteiger partial charge in [0.25, 0.3) is 0 Å². The summed E-state index contributed by atoms with van der Waals surface area (Å²) >= 11 is 1.31. The van der Waals surface area contributed by atoms with Gasteiger partial charge in [-0.1, -0.05) is 0 Å². The Morgan fingerprint density at radius 1 is 1.50 bits per heavy atom. The number of thiazole rings is 1. The smallest absolute Gasteiger partial charge is 0.407 e. The van der Waals surface area contributed by atoms with Crippen LogP contribution in [0.3, 0.4) is 0 Å². The normalized spacial score (nSPS) is 18.9. The van der Waals surface area contributed by atoms with Crippen molar-refractivity contribution in [1.29, 1.82) is 0 Å². The number of aromatic carboxylic acids is 1. The molecular formula is C14H21N3O4S. The first-order valence-electron chi connectivity index (χ1n) is 7.18. The van der Waals surface area contributed by atoms with Crippen LogP contribution < -0.4 is 10.2 Å². The van der Waals surface area contributed by atoms with Crippen LogP contribution >= 0.6 is 11.3 Å². The highest BCUT2D eigenvalue weighted by Gasteiger charge is 2.26. The quantitative estimate of drug-likeness (QED) is 0.885. The number of alkyl carbamates (subject to hydrolysis) is 1. The Balaban J connectivity index is 1.93. The van der Waals surface area contributed by atoms with Gasteiger partial charge < -0.3 is 20.1 Å². The number of carbonyl (C=O) groups is 2. The van der Waals surface area contributed by atoms with Gasteiger partial charge in [0, 0.05) is 24.5 Å². The minimum Gasteiger partial charge on any atom is -0.476 e. The lowest BCUT2D eigenvalue weighted by atomic mass is 10.1. The molecule has 0 radical (unpaired) electrons. The van der Waals surface area contributed by atoms with E-state index >= 15 is 0 Å². The summed E-state index contributed by atoms with van der Waals surface area (Å²) in [7, 11) is 0. The van der Waals surface area contributed by atoms with E-state index in [1.807, 2.05) is 25.7 Å². The van der Waals surface area contributed by atoms with E-state index in [1.165, 1.54) is 16.7 Å². The van der Waals surface area contributed by atoms with Gasteiger partial charge in [-0.25, -0.2) is 14.6 Å². The van der Waals surface area contributed by atoms with Crippen LogP contribution in [-0.2, 0) is 4.74 Å². The Bertz CT molecular complexity index is 553. The van der Waals surface area contributed by atoms with Gasteiger partial charge in [-0.15, -0.1) is 11.3 Å². The maximum Gasteiger partial charge on any atom is 0.407 e. The molecule has 0 saturated carbocycles. The number of amides is 1. The maximum atomic E-state index is 11.8. The molecule has 8 heteroatoms. The standard InChI is InChI=1S/C14H21N3O4S/c1-14(2,3)21-13(20)15-9-5-4-6-17(7-9)12-16-10(8-22-12)11(18)19/h8-9H,4-7H2,1-3H3,(H,15,20)(H,18,19)/t9-/m0/s1. The molecule has 7 nitrogen and oxygen atoms in total. The first kappa shape index (κ1) is 16.5. The van der Waals surface area contributed by atoms with Crippen LogP contribution in [0.25, 0.3) is 0 Å². The van der Waals surface area contributed by atoms with Crippen LogP contribution in [0.4, 0.5) is 9.93 Å². The Morgan fingerprint density at radius 2 is 2.23 bits per heavy atom. The molecule has 22 heavy (non-hydrogen) atoms. The van der Waals surface area contributed by atoms with Gasteiger partial charge in [0.15, 0.2) is 10.8 Å². The number of rotatable bonds is 3. The van der Waals surface area contributed by atoms with Crippen molar-refractivity contribution in [2.24, 2.45) is 0 Å². The maximum absolute atomic E-state index is 11.8. The highest BCUT2D eigenvalue weighted by Crippen LogP contribution is 2.24. The number of carboxylic acids is 1. The number of carboxylic acid groups (broad SMARTS) is 1. The summed E-state index contributed by atoms with van der Waals surface area (Å²) in [5, 5.41) is 14.0. The lowest BCUT2D eigenvalue weighted by molar-refractivity contribution is 0.0499. The van der Waals surface area contributed by atoms with Crippen LogP contribution in [0.15, 0.2) is 5.38 Å². The second-order valence-corrected chi connectivity index (χ2v) is 7.09. The number of nitrogens with zero attached hydrogens (tertiary/aromatic N) is 2. The molecule has 1 aromatic rings. The molecule has 2 N–H and O–H groups in total. The van der Waals surface area contributed by atoms with Gasteiger partial charge in [0.2, 0.25) is 0 Å². The van der Waals surface area contributed by atoms with Crippen LogP contribution in [0, 0.1) is 0 Å². The molecule has 0 bridgehead atoms. The molecule has 1 fully saturated rings. The van der Waals surface area contributed by atoms with E-state index in [2.05, 4.69) is 10.3 Å². The number of hydrogen-bond donors (Lipinski definition) is 2. The highest BCUT2D eigenvalue weighted by atomic mass is 32.1. The van der Waals surface area contributed by atoms with Gasteiger partial charge in [0.05, 0.1) is 0 Å². The highest BCUT2D eigenvalue weighted by molar-refractivity contribution is 7.13. The predicted octanol–water partition coefficient (Wildman–Crippen LogP) is 2.33. The van der Waals surface area contributed by atoms with Crippen LogP contribution in [-0.4, -0.2) is 46.9 Å². The zero-order chi connectivity index (χ0) is 16.3. The first-order chi connectivity index (χ1) is 10.2. The first-order valence-corrected chi connectivity index (χ1v) is 8.06. The Morgan fingerprint density at radius 3 is 2.82 bits per heavy atom. The predicted molar refractivity (Wildman–Crippen MR) is 83.7 cm³/mol. The SMILES string of the molecule is CC(C)(C)OC(=O)N[C@H]1CCCN(c2nc(C(=O)O)cs2)C1. The molecule has 1 aliphatic rings. The monoisotopic (exact) mass is 327 g/mol. The second kappa shape index (κ2) is 6.51. The number of hydrogen-bond acceptors (Lipinski definition) is 6. The minimum absolute atomic E-state index is 0.0271. The minimum atomic E-state index is -1.03. The van der Waals surface area contributed by atoms with E-state index in [-0.39, 0.29) is 11.7 Å². The number of anilines is 1. The van der Waals surface area contributed by atoms with E-state index in [0.717, 1.165) is 19.4 Å². The van der Waals surface area contributed by atoms with Crippen LogP contribution in [0.5, 0.6) is 0 Å². The van der Waals surface area contributed by atoms with Crippen LogP contribution in [0.1, 0.15) is 44.1 Å². The van der Waals surface area contributed by atoms with Crippen molar-refractivity contribution >= 4 is 28.5 Å². The van der Waals surface area contributed by atoms with E-state index in [9.17, 15) is 9.59 Å². The lowest BCUT2D eigenvalue weighted by Crippen LogP contribution is -2.49. The van der Waals surface area contributed by atoms with Gasteiger partial charge in [-0.3, -0.25) is 0 Å². The number of piperidine rings is 1. The van der Waals surface area contributed by atoms with Crippen molar-refractivity contribution in [2.45, 2.75) is 45.3 Å². The molecule has 2 rings (SSSR count). The average molecular weight is 327 g/mol. The number of aromatic nitrogens is 1. The van der Waals surface area contributed by atoms with E-state index in [4.69, 9.17) is 9.84 Å². The summed E-state index contributed by atoms with van der Waals surface area (Å²) in [6, 6.07) is -0.0271. The zero-order valence-electron chi connectivity index (χ0n) is 13.0. The fourth-order valence-electron chi connectivity index (χ4n) is 2.25. The van der Waals surface area contributed by atoms with E-state index < -0.39 is 17.7 Å². The van der Waals surface area contributed by atoms with Crippen molar-refractivity contribution in [2.75, 3.05) is 18.0 Å². The van der Waals surface area contributed by atoms with Crippen molar-refractivity contribution in [3.05, 3.63) is 11.1 Å². The molecule has 0 aliphatic carbocycles. The van der Waals surface area contributed by atoms with E-state index in [1.54, 1.807) is 0 Å². The molecule has 1 saturated heterocycles. The Labute approximate surface area is 133 Å². The van der Waals surface area contributed by atoms with E-state index in [0.29, 0.717) is 11.7 Å². The molecule has 1 aliphatic heterocycles. The van der Waals surface area contributed by atoms with Crippen molar-refractivity contribution < 1.29 is 19.4 Å². The summed E-state index contributed by atoms with van der Waals surface area (Å²) in [4.78, 5) is 28.8. The van der Waals surface area contributed by atoms with Crippen LogP contribution in [0.2, 0.25) is 0 Å². The number of nitrogens with one attached hydrogen (secondary N) is 1. The van der Waals surface area contributed by atoms with Gasteiger partial charge >= 0.3 is 12.1 Å². The third-order valence-electron chi connectivity index (χ3n) is 3.12. The fourth-order valence-corrected chi connectivity index (χ4v) is 3.09.